The predicted octanol–water partition coefficient (Wildman–Crippen LogP) is 1.52. The molecule has 0 saturated heterocycles. The average molecular weight is 258 g/mol. The Balaban J connectivity index is 2.77. The maximum absolute atomic E-state index is 11.0. The van der Waals surface area contributed by atoms with Crippen molar-refractivity contribution >= 4 is 27.7 Å². The van der Waals surface area contributed by atoms with E-state index >= 15 is 0 Å². The number of nitrogens with zero attached hydrogens (tertiary/aromatic N) is 1. The van der Waals surface area contributed by atoms with E-state index in [1.165, 1.54) is 0 Å². The third-order valence-electron chi connectivity index (χ3n) is 1.82. The van der Waals surface area contributed by atoms with E-state index in [9.17, 15) is 4.79 Å². The molecule has 0 radical (unpaired) electrons. The maximum atomic E-state index is 11.0. The highest BCUT2D eigenvalue weighted by atomic mass is 79.9. The number of amides is 1. The fourth-order valence-corrected chi connectivity index (χ4v) is 1.40. The van der Waals surface area contributed by atoms with Crippen LogP contribution in [0.4, 0.5) is 5.82 Å². The van der Waals surface area contributed by atoms with Gasteiger partial charge in [-0.05, 0) is 34.5 Å². The second-order valence-corrected chi connectivity index (χ2v) is 3.70. The van der Waals surface area contributed by atoms with Crippen LogP contribution in [0, 0.1) is 0 Å². The van der Waals surface area contributed by atoms with E-state index in [1.807, 2.05) is 13.0 Å². The number of hydrogen-bond acceptors (Lipinski definition) is 3. The van der Waals surface area contributed by atoms with E-state index in [1.54, 1.807) is 12.3 Å². The third-order valence-corrected chi connectivity index (χ3v) is 2.46. The molecular formula is C9H12BrN3O. The molecule has 0 aliphatic carbocycles. The minimum absolute atomic E-state index is 0.370. The Morgan fingerprint density at radius 1 is 1.79 bits per heavy atom. The van der Waals surface area contributed by atoms with Gasteiger partial charge < -0.3 is 11.1 Å². The number of hydrogen-bond donors (Lipinski definition) is 2. The number of nitrogens with two attached hydrogens (primary N) is 1. The number of rotatable bonds is 4. The Morgan fingerprint density at radius 3 is 3.00 bits per heavy atom. The molecule has 0 bridgehead atoms. The summed E-state index contributed by atoms with van der Waals surface area (Å²) in [5.41, 5.74) is 5.20. The minimum atomic E-state index is -0.374. The SMILES string of the molecule is CCC(Nc1ncccc1Br)C(N)=O. The highest BCUT2D eigenvalue weighted by molar-refractivity contribution is 9.10. The van der Waals surface area contributed by atoms with Crippen molar-refractivity contribution in [3.8, 4) is 0 Å². The van der Waals surface area contributed by atoms with E-state index in [0.29, 0.717) is 12.2 Å². The van der Waals surface area contributed by atoms with Crippen LogP contribution < -0.4 is 11.1 Å². The molecule has 3 N–H and O–H groups in total. The lowest BCUT2D eigenvalue weighted by Crippen LogP contribution is -2.35. The van der Waals surface area contributed by atoms with Gasteiger partial charge in [-0.15, -0.1) is 0 Å². The maximum Gasteiger partial charge on any atom is 0.239 e. The van der Waals surface area contributed by atoms with Gasteiger partial charge in [-0.3, -0.25) is 4.79 Å². The number of carbonyl (C=O) groups excluding carboxylic acids is 1. The summed E-state index contributed by atoms with van der Waals surface area (Å²) < 4.78 is 0.819. The first-order valence-electron chi connectivity index (χ1n) is 4.31. The molecule has 0 saturated carbocycles. The van der Waals surface area contributed by atoms with Crippen LogP contribution in [-0.4, -0.2) is 16.9 Å². The number of anilines is 1. The standard InChI is InChI=1S/C9H12BrN3O/c1-2-7(8(11)14)13-9-6(10)4-3-5-12-9/h3-5,7H,2H2,1H3,(H2,11,14)(H,12,13). The number of halogens is 1. The summed E-state index contributed by atoms with van der Waals surface area (Å²) in [7, 11) is 0. The van der Waals surface area contributed by atoms with Crippen LogP contribution in [0.2, 0.25) is 0 Å². The zero-order chi connectivity index (χ0) is 10.6. The second kappa shape index (κ2) is 4.95. The van der Waals surface area contributed by atoms with Crippen LogP contribution in [0.3, 0.4) is 0 Å². The van der Waals surface area contributed by atoms with Crippen molar-refractivity contribution in [2.24, 2.45) is 5.73 Å². The highest BCUT2D eigenvalue weighted by Gasteiger charge is 2.13. The fraction of sp³-hybridized carbons (Fsp3) is 0.333. The Hall–Kier alpha value is -1.10. The van der Waals surface area contributed by atoms with Gasteiger partial charge in [-0.2, -0.15) is 0 Å². The van der Waals surface area contributed by atoms with Gasteiger partial charge in [0.05, 0.1) is 4.47 Å². The quantitative estimate of drug-likeness (QED) is 0.860. The van der Waals surface area contributed by atoms with Gasteiger partial charge in [0.1, 0.15) is 11.9 Å². The van der Waals surface area contributed by atoms with Crippen molar-refractivity contribution in [2.75, 3.05) is 5.32 Å². The molecule has 5 heteroatoms. The van der Waals surface area contributed by atoms with E-state index < -0.39 is 0 Å². The van der Waals surface area contributed by atoms with Gasteiger partial charge in [-0.1, -0.05) is 6.92 Å². The van der Waals surface area contributed by atoms with E-state index in [2.05, 4.69) is 26.2 Å². The second-order valence-electron chi connectivity index (χ2n) is 2.84. The zero-order valence-electron chi connectivity index (χ0n) is 7.83. The summed E-state index contributed by atoms with van der Waals surface area (Å²) in [4.78, 5) is 15.0. The van der Waals surface area contributed by atoms with Gasteiger partial charge in [0.15, 0.2) is 0 Å². The van der Waals surface area contributed by atoms with Gasteiger partial charge in [0.25, 0.3) is 0 Å². The van der Waals surface area contributed by atoms with Crippen molar-refractivity contribution in [1.29, 1.82) is 0 Å². The van der Waals surface area contributed by atoms with Crippen molar-refractivity contribution in [3.63, 3.8) is 0 Å². The number of primary amides is 1. The summed E-state index contributed by atoms with van der Waals surface area (Å²) in [6.45, 7) is 1.89. The summed E-state index contributed by atoms with van der Waals surface area (Å²) in [5, 5.41) is 2.96. The molecular weight excluding hydrogens is 246 g/mol. The monoisotopic (exact) mass is 257 g/mol. The molecule has 4 nitrogen and oxygen atoms in total. The van der Waals surface area contributed by atoms with Gasteiger partial charge in [0, 0.05) is 6.20 Å². The fourth-order valence-electron chi connectivity index (χ4n) is 1.03. The van der Waals surface area contributed by atoms with Crippen LogP contribution in [0.5, 0.6) is 0 Å². The first-order chi connectivity index (χ1) is 6.65. The number of nitrogens with one attached hydrogen (secondary N) is 1. The van der Waals surface area contributed by atoms with Crippen LogP contribution >= 0.6 is 15.9 Å². The van der Waals surface area contributed by atoms with Crippen LogP contribution in [0.25, 0.3) is 0 Å². The first-order valence-corrected chi connectivity index (χ1v) is 5.10. The smallest absolute Gasteiger partial charge is 0.239 e. The molecule has 76 valence electrons. The summed E-state index contributed by atoms with van der Waals surface area (Å²) in [5.74, 6) is 0.267. The molecule has 1 rings (SSSR count). The molecule has 1 amide bonds. The Kier molecular flexibility index (Phi) is 3.88. The number of aromatic nitrogens is 1. The third kappa shape index (κ3) is 2.70. The molecule has 0 spiro atoms. The van der Waals surface area contributed by atoms with Crippen molar-refractivity contribution in [3.05, 3.63) is 22.8 Å². The summed E-state index contributed by atoms with van der Waals surface area (Å²) in [6, 6.07) is 3.28. The molecule has 1 heterocycles. The zero-order valence-corrected chi connectivity index (χ0v) is 9.41. The topological polar surface area (TPSA) is 68.0 Å². The Bertz CT molecular complexity index is 330. The highest BCUT2D eigenvalue weighted by Crippen LogP contribution is 2.19. The normalized spacial score (nSPS) is 12.1. The lowest BCUT2D eigenvalue weighted by molar-refractivity contribution is -0.118. The van der Waals surface area contributed by atoms with Gasteiger partial charge in [0.2, 0.25) is 5.91 Å². The molecule has 14 heavy (non-hydrogen) atoms. The van der Waals surface area contributed by atoms with Crippen molar-refractivity contribution in [2.45, 2.75) is 19.4 Å². The summed E-state index contributed by atoms with van der Waals surface area (Å²) in [6.07, 6.45) is 2.29. The summed E-state index contributed by atoms with van der Waals surface area (Å²) >= 11 is 3.33. The van der Waals surface area contributed by atoms with Gasteiger partial charge >= 0.3 is 0 Å². The molecule has 1 aromatic heterocycles. The number of pyridine rings is 1. The Labute approximate surface area is 91.0 Å². The van der Waals surface area contributed by atoms with Gasteiger partial charge in [-0.25, -0.2) is 4.98 Å². The molecule has 0 aliphatic rings. The van der Waals surface area contributed by atoms with E-state index in [0.717, 1.165) is 4.47 Å². The molecule has 0 aliphatic heterocycles. The lowest BCUT2D eigenvalue weighted by Gasteiger charge is -2.14. The molecule has 1 aromatic rings. The molecule has 1 unspecified atom stereocenters. The van der Waals surface area contributed by atoms with E-state index in [-0.39, 0.29) is 11.9 Å². The lowest BCUT2D eigenvalue weighted by atomic mass is 10.2. The largest absolute Gasteiger partial charge is 0.368 e. The average Bonchev–Trinajstić information content (AvgIpc) is 2.16. The molecule has 0 aromatic carbocycles. The Morgan fingerprint density at radius 2 is 2.50 bits per heavy atom. The molecule has 0 fully saturated rings. The van der Waals surface area contributed by atoms with Crippen LogP contribution in [0.15, 0.2) is 22.8 Å². The van der Waals surface area contributed by atoms with Crippen molar-refractivity contribution < 1.29 is 4.79 Å². The van der Waals surface area contributed by atoms with Crippen LogP contribution in [0.1, 0.15) is 13.3 Å². The number of carbonyl (C=O) groups is 1. The van der Waals surface area contributed by atoms with Crippen molar-refractivity contribution in [1.82, 2.24) is 4.98 Å². The van der Waals surface area contributed by atoms with Crippen LogP contribution in [-0.2, 0) is 4.79 Å². The molecule has 1 atom stereocenters. The predicted molar refractivity (Wildman–Crippen MR) is 58.8 cm³/mol. The minimum Gasteiger partial charge on any atom is -0.368 e. The van der Waals surface area contributed by atoms with E-state index in [4.69, 9.17) is 5.73 Å². The first kappa shape index (κ1) is 11.0.